The summed E-state index contributed by atoms with van der Waals surface area (Å²) >= 11 is 0. The third-order valence-corrected chi connectivity index (χ3v) is 8.01. The highest BCUT2D eigenvalue weighted by Crippen LogP contribution is 2.28. The topological polar surface area (TPSA) is 186 Å². The summed E-state index contributed by atoms with van der Waals surface area (Å²) < 4.78 is 13.0. The van der Waals surface area contributed by atoms with Crippen LogP contribution in [0.5, 0.6) is 11.5 Å². The Labute approximate surface area is 273 Å². The molecule has 4 bridgehead atoms. The molecule has 5 atom stereocenters. The summed E-state index contributed by atoms with van der Waals surface area (Å²) in [6.45, 7) is 5.85. The van der Waals surface area contributed by atoms with E-state index >= 15 is 0 Å². The molecule has 14 heteroatoms. The fourth-order valence-electron chi connectivity index (χ4n) is 5.06. The van der Waals surface area contributed by atoms with Crippen molar-refractivity contribution in [1.82, 2.24) is 36.3 Å². The second kappa shape index (κ2) is 16.5. The molecular formula is C33H43N7O7. The van der Waals surface area contributed by atoms with Crippen LogP contribution in [0.3, 0.4) is 0 Å². The van der Waals surface area contributed by atoms with Crippen LogP contribution in [0.4, 0.5) is 0 Å². The van der Waals surface area contributed by atoms with Gasteiger partial charge in [0.15, 0.2) is 11.5 Å². The number of aliphatic hydroxyl groups is 1. The lowest BCUT2D eigenvalue weighted by Crippen LogP contribution is -2.60. The average molecular weight is 650 g/mol. The molecule has 0 saturated carbocycles. The van der Waals surface area contributed by atoms with Crippen molar-refractivity contribution in [3.63, 3.8) is 0 Å². The van der Waals surface area contributed by atoms with Crippen LogP contribution in [0.25, 0.3) is 0 Å². The van der Waals surface area contributed by atoms with Gasteiger partial charge in [-0.15, -0.1) is 5.10 Å². The summed E-state index contributed by atoms with van der Waals surface area (Å²) in [5.74, 6) is -1.98. The number of nitrogens with one attached hydrogen (secondary N) is 4. The molecule has 4 rings (SSSR count). The second-order valence-corrected chi connectivity index (χ2v) is 11.6. The van der Waals surface area contributed by atoms with E-state index in [1.165, 1.54) is 14.0 Å². The van der Waals surface area contributed by atoms with Crippen LogP contribution in [-0.4, -0.2) is 81.7 Å². The molecule has 1 aromatic heterocycles. The van der Waals surface area contributed by atoms with Crippen molar-refractivity contribution < 1.29 is 33.8 Å². The quantitative estimate of drug-likeness (QED) is 0.261. The van der Waals surface area contributed by atoms with Gasteiger partial charge in [-0.3, -0.25) is 23.9 Å². The summed E-state index contributed by atoms with van der Waals surface area (Å²) in [7, 11) is 1.49. The summed E-state index contributed by atoms with van der Waals surface area (Å²) in [5.41, 5.74) is 1.54. The zero-order chi connectivity index (χ0) is 33.9. The highest BCUT2D eigenvalue weighted by Gasteiger charge is 2.34. The molecule has 0 saturated heterocycles. The summed E-state index contributed by atoms with van der Waals surface area (Å²) in [6, 6.07) is 10.4. The lowest BCUT2D eigenvalue weighted by molar-refractivity contribution is -0.135. The monoisotopic (exact) mass is 649 g/mol. The first kappa shape index (κ1) is 34.9. The van der Waals surface area contributed by atoms with Crippen LogP contribution in [0.1, 0.15) is 55.2 Å². The van der Waals surface area contributed by atoms with E-state index in [4.69, 9.17) is 9.47 Å². The number of carbonyl (C=O) groups is 4. The Morgan fingerprint density at radius 2 is 1.74 bits per heavy atom. The molecule has 14 nitrogen and oxygen atoms in total. The van der Waals surface area contributed by atoms with Gasteiger partial charge in [0, 0.05) is 24.9 Å². The van der Waals surface area contributed by atoms with E-state index < -0.39 is 47.9 Å². The minimum absolute atomic E-state index is 0.0628. The predicted molar refractivity (Wildman–Crippen MR) is 171 cm³/mol. The van der Waals surface area contributed by atoms with E-state index in [0.717, 1.165) is 5.56 Å². The number of aliphatic hydroxyl groups excluding tert-OH is 1. The molecule has 4 amide bonds. The third kappa shape index (κ3) is 9.51. The maximum absolute atomic E-state index is 13.6. The number of carbonyl (C=O) groups excluding carboxylic acids is 4. The SMILES string of the molecule is CC[C@H](C)[C@@H]1NC(=O)c2ccc(OC)c(c2)OCCCn2cc(nn2)CNC(=O)[C@H](Cc2ccccc2)NC(=O)[C@H]([C@@H](C)O)NC1=O. The molecule has 252 valence electrons. The first-order chi connectivity index (χ1) is 22.6. The van der Waals surface area contributed by atoms with E-state index in [9.17, 15) is 24.3 Å². The van der Waals surface area contributed by atoms with E-state index in [1.807, 2.05) is 37.3 Å². The van der Waals surface area contributed by atoms with Crippen molar-refractivity contribution in [3.05, 3.63) is 71.5 Å². The lowest BCUT2D eigenvalue weighted by atomic mass is 9.97. The van der Waals surface area contributed by atoms with Gasteiger partial charge in [-0.25, -0.2) is 0 Å². The molecule has 0 unspecified atom stereocenters. The number of benzene rings is 2. The average Bonchev–Trinajstić information content (AvgIpc) is 3.53. The zero-order valence-electron chi connectivity index (χ0n) is 27.1. The summed E-state index contributed by atoms with van der Waals surface area (Å²) in [6.07, 6.45) is 1.62. The number of fused-ring (bicyclic) bond motifs is 4. The Balaban J connectivity index is 1.65. The molecule has 2 aromatic carbocycles. The number of methoxy groups -OCH3 is 1. The van der Waals surface area contributed by atoms with Gasteiger partial charge in [-0.05, 0) is 36.6 Å². The number of aryl methyl sites for hydroxylation is 1. The number of amides is 4. The molecule has 5 N–H and O–H groups in total. The highest BCUT2D eigenvalue weighted by molar-refractivity contribution is 5.99. The predicted octanol–water partition coefficient (Wildman–Crippen LogP) is 1.12. The maximum atomic E-state index is 13.6. The van der Waals surface area contributed by atoms with E-state index in [2.05, 4.69) is 31.6 Å². The summed E-state index contributed by atoms with van der Waals surface area (Å²) in [5, 5.41) is 29.7. The van der Waals surface area contributed by atoms with Crippen LogP contribution in [0.2, 0.25) is 0 Å². The fraction of sp³-hybridized carbons (Fsp3) is 0.455. The first-order valence-corrected chi connectivity index (χ1v) is 15.7. The Kier molecular flexibility index (Phi) is 12.3. The summed E-state index contributed by atoms with van der Waals surface area (Å²) in [4.78, 5) is 54.0. The van der Waals surface area contributed by atoms with Crippen molar-refractivity contribution >= 4 is 23.6 Å². The maximum Gasteiger partial charge on any atom is 0.252 e. The number of hydrogen-bond donors (Lipinski definition) is 5. The van der Waals surface area contributed by atoms with Crippen molar-refractivity contribution in [2.75, 3.05) is 13.7 Å². The van der Waals surface area contributed by atoms with Crippen LogP contribution < -0.4 is 30.7 Å². The molecular weight excluding hydrogens is 606 g/mol. The molecule has 2 heterocycles. The zero-order valence-corrected chi connectivity index (χ0v) is 27.1. The Morgan fingerprint density at radius 1 is 1.00 bits per heavy atom. The van der Waals surface area contributed by atoms with Gasteiger partial charge < -0.3 is 35.8 Å². The minimum atomic E-state index is -1.42. The molecule has 1 aliphatic rings. The van der Waals surface area contributed by atoms with Crippen molar-refractivity contribution in [2.45, 2.75) is 77.4 Å². The van der Waals surface area contributed by atoms with Crippen LogP contribution >= 0.6 is 0 Å². The standard InChI is InChI=1S/C33H43N7O7/c1-5-20(2)28-32(44)37-29(21(3)41)33(45)35-25(16-22-10-7-6-8-11-22)31(43)34-18-24-19-40(39-38-24)14-9-15-47-27-17-23(30(42)36-28)12-13-26(27)46-4/h6-8,10-13,17,19-21,25,28-29,41H,5,9,14-16,18H2,1-4H3,(H,34,43)(H,35,45)(H,36,42)(H,37,44)/t20-,21+,25-,28-,29-/m0/s1. The van der Waals surface area contributed by atoms with Gasteiger partial charge in [0.25, 0.3) is 5.91 Å². The van der Waals surface area contributed by atoms with Gasteiger partial charge in [-0.2, -0.15) is 0 Å². The van der Waals surface area contributed by atoms with Gasteiger partial charge in [-0.1, -0.05) is 55.8 Å². The number of hydrogen-bond acceptors (Lipinski definition) is 9. The molecule has 3 aromatic rings. The molecule has 1 aliphatic heterocycles. The number of rotatable bonds is 6. The van der Waals surface area contributed by atoms with Crippen molar-refractivity contribution in [2.24, 2.45) is 5.92 Å². The fourth-order valence-corrected chi connectivity index (χ4v) is 5.06. The van der Waals surface area contributed by atoms with Gasteiger partial charge in [0.1, 0.15) is 23.8 Å². The number of ether oxygens (including phenoxy) is 2. The highest BCUT2D eigenvalue weighted by atomic mass is 16.5. The second-order valence-electron chi connectivity index (χ2n) is 11.6. The van der Waals surface area contributed by atoms with Crippen LogP contribution in [-0.2, 0) is 33.9 Å². The van der Waals surface area contributed by atoms with E-state index in [1.54, 1.807) is 36.0 Å². The molecule has 0 fully saturated rings. The van der Waals surface area contributed by atoms with Crippen LogP contribution in [0.15, 0.2) is 54.7 Å². The van der Waals surface area contributed by atoms with Gasteiger partial charge >= 0.3 is 0 Å². The van der Waals surface area contributed by atoms with E-state index in [-0.39, 0.29) is 31.1 Å². The Hall–Kier alpha value is -4.98. The number of aromatic nitrogens is 3. The molecule has 47 heavy (non-hydrogen) atoms. The third-order valence-electron chi connectivity index (χ3n) is 8.01. The minimum Gasteiger partial charge on any atom is -0.493 e. The van der Waals surface area contributed by atoms with Gasteiger partial charge in [0.2, 0.25) is 17.7 Å². The lowest BCUT2D eigenvalue weighted by Gasteiger charge is -2.28. The van der Waals surface area contributed by atoms with Crippen molar-refractivity contribution in [3.8, 4) is 11.5 Å². The number of nitrogens with zero attached hydrogens (tertiary/aromatic N) is 3. The van der Waals surface area contributed by atoms with Crippen molar-refractivity contribution in [1.29, 1.82) is 0 Å². The Morgan fingerprint density at radius 3 is 2.45 bits per heavy atom. The van der Waals surface area contributed by atoms with Crippen LogP contribution in [0, 0.1) is 5.92 Å². The smallest absolute Gasteiger partial charge is 0.252 e. The largest absolute Gasteiger partial charge is 0.493 e. The van der Waals surface area contributed by atoms with Gasteiger partial charge in [0.05, 0.1) is 32.6 Å². The molecule has 0 radical (unpaired) electrons. The Bertz CT molecular complexity index is 1530. The normalized spacial score (nSPS) is 21.3. The molecule has 0 spiro atoms. The van der Waals surface area contributed by atoms with E-state index in [0.29, 0.717) is 36.6 Å². The molecule has 0 aliphatic carbocycles. The first-order valence-electron chi connectivity index (χ1n) is 15.7.